The number of benzene rings is 4. The Morgan fingerprint density at radius 2 is 1.66 bits per heavy atom. The third-order valence-corrected chi connectivity index (χ3v) is 8.07. The lowest BCUT2D eigenvalue weighted by atomic mass is 9.99. The lowest BCUT2D eigenvalue weighted by Gasteiger charge is -2.32. The van der Waals surface area contributed by atoms with E-state index in [0.29, 0.717) is 34.3 Å². The predicted molar refractivity (Wildman–Crippen MR) is 175 cm³/mol. The van der Waals surface area contributed by atoms with E-state index in [4.69, 9.17) is 9.73 Å². The van der Waals surface area contributed by atoms with Crippen molar-refractivity contribution in [2.45, 2.75) is 13.1 Å². The van der Waals surface area contributed by atoms with Gasteiger partial charge in [0.1, 0.15) is 5.75 Å². The maximum absolute atomic E-state index is 13.2. The average Bonchev–Trinajstić information content (AvgIpc) is 3.38. The van der Waals surface area contributed by atoms with E-state index in [9.17, 15) is 9.90 Å². The number of likely N-dealkylation sites (N-methyl/N-ethyl adjacent to an activating group) is 1. The standard InChI is InChI=1S/C36H37N5O3/c1-40-16-18-41(19-17-40)24-26-9-6-12-29(20-26)38-34(27-10-4-3-5-11-27)33-31-22-28(14-15-32(31)39-36(33)43)35(42)37-23-25-8-7-13-30(21-25)44-2/h3-15,20-22,39,43H,16-19,23-24H2,1-2H3,(H,37,42). The van der Waals surface area contributed by atoms with Crippen molar-refractivity contribution in [3.63, 3.8) is 0 Å². The molecule has 0 bridgehead atoms. The predicted octanol–water partition coefficient (Wildman–Crippen LogP) is 5.73. The second kappa shape index (κ2) is 13.2. The summed E-state index contributed by atoms with van der Waals surface area (Å²) in [5, 5.41) is 14.9. The Morgan fingerprint density at radius 3 is 2.45 bits per heavy atom. The number of H-pyrrole nitrogens is 1. The lowest BCUT2D eigenvalue weighted by Crippen LogP contribution is -2.43. The highest BCUT2D eigenvalue weighted by Crippen LogP contribution is 2.32. The smallest absolute Gasteiger partial charge is 0.251 e. The second-order valence-electron chi connectivity index (χ2n) is 11.2. The van der Waals surface area contributed by atoms with E-state index in [1.54, 1.807) is 13.2 Å². The molecule has 1 amide bonds. The normalized spacial score (nSPS) is 14.5. The molecule has 0 spiro atoms. The highest BCUT2D eigenvalue weighted by atomic mass is 16.5. The van der Waals surface area contributed by atoms with Gasteiger partial charge in [-0.3, -0.25) is 9.69 Å². The van der Waals surface area contributed by atoms with Crippen molar-refractivity contribution in [2.24, 2.45) is 4.99 Å². The molecule has 3 N–H and O–H groups in total. The van der Waals surface area contributed by atoms with Gasteiger partial charge in [-0.2, -0.15) is 0 Å². The Labute approximate surface area is 257 Å². The molecule has 0 saturated carbocycles. The number of amides is 1. The summed E-state index contributed by atoms with van der Waals surface area (Å²) < 4.78 is 5.30. The molecule has 8 nitrogen and oxygen atoms in total. The zero-order valence-corrected chi connectivity index (χ0v) is 25.1. The Balaban J connectivity index is 1.33. The van der Waals surface area contributed by atoms with E-state index in [2.05, 4.69) is 39.3 Å². The molecule has 0 unspecified atom stereocenters. The van der Waals surface area contributed by atoms with Gasteiger partial charge in [0, 0.05) is 61.3 Å². The van der Waals surface area contributed by atoms with Gasteiger partial charge >= 0.3 is 0 Å². The van der Waals surface area contributed by atoms with E-state index in [1.165, 1.54) is 5.56 Å². The number of aliphatic imine (C=N–C) groups is 1. The molecule has 0 radical (unpaired) electrons. The minimum atomic E-state index is -0.212. The van der Waals surface area contributed by atoms with Crippen LogP contribution in [-0.2, 0) is 13.1 Å². The van der Waals surface area contributed by atoms with Crippen LogP contribution in [0.4, 0.5) is 5.69 Å². The number of rotatable bonds is 9. The number of carbonyl (C=O) groups is 1. The Bertz CT molecular complexity index is 1790. The summed E-state index contributed by atoms with van der Waals surface area (Å²) in [7, 11) is 3.78. The molecular weight excluding hydrogens is 550 g/mol. The van der Waals surface area contributed by atoms with Gasteiger partial charge in [-0.25, -0.2) is 4.99 Å². The highest BCUT2D eigenvalue weighted by molar-refractivity contribution is 6.22. The third kappa shape index (κ3) is 6.67. The third-order valence-electron chi connectivity index (χ3n) is 8.07. The van der Waals surface area contributed by atoms with E-state index in [-0.39, 0.29) is 11.8 Å². The van der Waals surface area contributed by atoms with Crippen LogP contribution in [0.1, 0.15) is 32.6 Å². The van der Waals surface area contributed by atoms with Crippen molar-refractivity contribution < 1.29 is 14.6 Å². The number of fused-ring (bicyclic) bond motifs is 1. The summed E-state index contributed by atoms with van der Waals surface area (Å²) in [4.78, 5) is 26.3. The monoisotopic (exact) mass is 587 g/mol. The number of nitrogens with zero attached hydrogens (tertiary/aromatic N) is 3. The van der Waals surface area contributed by atoms with Crippen molar-refractivity contribution in [3.8, 4) is 11.6 Å². The summed E-state index contributed by atoms with van der Waals surface area (Å²) in [6, 6.07) is 31.1. The van der Waals surface area contributed by atoms with Gasteiger partial charge in [0.05, 0.1) is 24.1 Å². The SMILES string of the molecule is COc1cccc(CNC(=O)c2ccc3[nH]c(O)c(C(=Nc4cccc(CN5CCN(C)CC5)c4)c4ccccc4)c3c2)c1. The maximum atomic E-state index is 13.2. The number of hydrogen-bond donors (Lipinski definition) is 3. The Hall–Kier alpha value is -4.92. The van der Waals surface area contributed by atoms with Crippen LogP contribution in [0, 0.1) is 0 Å². The molecule has 44 heavy (non-hydrogen) atoms. The Kier molecular flexibility index (Phi) is 8.72. The summed E-state index contributed by atoms with van der Waals surface area (Å²) >= 11 is 0. The fourth-order valence-electron chi connectivity index (χ4n) is 5.60. The fourth-order valence-corrected chi connectivity index (χ4v) is 5.60. The van der Waals surface area contributed by atoms with E-state index in [0.717, 1.165) is 55.3 Å². The lowest BCUT2D eigenvalue weighted by molar-refractivity contribution is 0.0951. The maximum Gasteiger partial charge on any atom is 0.251 e. The zero-order chi connectivity index (χ0) is 30.5. The van der Waals surface area contributed by atoms with Crippen LogP contribution in [0.5, 0.6) is 11.6 Å². The van der Waals surface area contributed by atoms with Crippen LogP contribution in [0.25, 0.3) is 10.9 Å². The van der Waals surface area contributed by atoms with Crippen LogP contribution in [-0.4, -0.2) is 71.8 Å². The topological polar surface area (TPSA) is 93.2 Å². The van der Waals surface area contributed by atoms with Gasteiger partial charge in [0.15, 0.2) is 5.88 Å². The van der Waals surface area contributed by atoms with E-state index in [1.807, 2.05) is 78.9 Å². The number of aromatic hydroxyl groups is 1. The van der Waals surface area contributed by atoms with Gasteiger partial charge in [-0.1, -0.05) is 54.6 Å². The number of methoxy groups -OCH3 is 1. The largest absolute Gasteiger partial charge is 0.497 e. The number of aromatic amines is 1. The van der Waals surface area contributed by atoms with Crippen LogP contribution in [0.2, 0.25) is 0 Å². The number of aromatic nitrogens is 1. The van der Waals surface area contributed by atoms with Gasteiger partial charge < -0.3 is 25.0 Å². The molecule has 1 fully saturated rings. The summed E-state index contributed by atoms with van der Waals surface area (Å²) in [5.41, 5.74) is 6.18. The first-order valence-corrected chi connectivity index (χ1v) is 14.9. The first-order chi connectivity index (χ1) is 21.5. The average molecular weight is 588 g/mol. The quantitative estimate of drug-likeness (QED) is 0.192. The molecule has 2 heterocycles. The van der Waals surface area contributed by atoms with Crippen molar-refractivity contribution in [3.05, 3.63) is 125 Å². The number of ether oxygens (including phenoxy) is 1. The number of nitrogens with one attached hydrogen (secondary N) is 2. The van der Waals surface area contributed by atoms with Crippen molar-refractivity contribution in [1.29, 1.82) is 0 Å². The Morgan fingerprint density at radius 1 is 0.886 bits per heavy atom. The minimum Gasteiger partial charge on any atom is -0.497 e. The van der Waals surface area contributed by atoms with Gasteiger partial charge in [-0.05, 0) is 60.6 Å². The molecule has 224 valence electrons. The molecule has 1 saturated heterocycles. The molecule has 6 rings (SSSR count). The summed E-state index contributed by atoms with van der Waals surface area (Å²) in [5.74, 6) is 0.532. The van der Waals surface area contributed by atoms with Crippen molar-refractivity contribution in [1.82, 2.24) is 20.1 Å². The molecule has 4 aromatic carbocycles. The molecule has 1 aromatic heterocycles. The van der Waals surface area contributed by atoms with E-state index >= 15 is 0 Å². The number of hydrogen-bond acceptors (Lipinski definition) is 6. The molecule has 1 aliphatic heterocycles. The minimum absolute atomic E-state index is 0.00475. The van der Waals surface area contributed by atoms with Crippen LogP contribution < -0.4 is 10.1 Å². The molecule has 8 heteroatoms. The van der Waals surface area contributed by atoms with Gasteiger partial charge in [-0.15, -0.1) is 0 Å². The van der Waals surface area contributed by atoms with Crippen LogP contribution in [0.3, 0.4) is 0 Å². The molecule has 0 atom stereocenters. The molecular formula is C36H37N5O3. The summed E-state index contributed by atoms with van der Waals surface area (Å²) in [6.07, 6.45) is 0. The van der Waals surface area contributed by atoms with Crippen LogP contribution in [0.15, 0.2) is 102 Å². The summed E-state index contributed by atoms with van der Waals surface area (Å²) in [6.45, 7) is 5.44. The first-order valence-electron chi connectivity index (χ1n) is 14.9. The molecule has 0 aliphatic carbocycles. The van der Waals surface area contributed by atoms with Crippen LogP contribution >= 0.6 is 0 Å². The zero-order valence-electron chi connectivity index (χ0n) is 25.1. The van der Waals surface area contributed by atoms with Gasteiger partial charge in [0.2, 0.25) is 0 Å². The number of piperazine rings is 1. The first kappa shape index (κ1) is 29.2. The van der Waals surface area contributed by atoms with Gasteiger partial charge in [0.25, 0.3) is 5.91 Å². The second-order valence-corrected chi connectivity index (χ2v) is 11.2. The molecule has 1 aliphatic rings. The van der Waals surface area contributed by atoms with E-state index < -0.39 is 0 Å². The highest BCUT2D eigenvalue weighted by Gasteiger charge is 2.20. The number of carbonyl (C=O) groups excluding carboxylic acids is 1. The fraction of sp³-hybridized carbons (Fsp3) is 0.222. The van der Waals surface area contributed by atoms with Crippen molar-refractivity contribution >= 4 is 28.2 Å². The molecule has 5 aromatic rings. The van der Waals surface area contributed by atoms with Crippen molar-refractivity contribution in [2.75, 3.05) is 40.3 Å².